The molecule has 0 aliphatic carbocycles. The molecule has 0 amide bonds. The van der Waals surface area contributed by atoms with Gasteiger partial charge in [0, 0.05) is 45.2 Å². The van der Waals surface area contributed by atoms with E-state index in [1.165, 1.54) is 5.69 Å². The summed E-state index contributed by atoms with van der Waals surface area (Å²) in [5.41, 5.74) is 3.35. The molecule has 0 saturated carbocycles. The first-order valence-electron chi connectivity index (χ1n) is 10.7. The molecule has 0 N–H and O–H groups in total. The molecule has 1 saturated heterocycles. The van der Waals surface area contributed by atoms with E-state index in [9.17, 15) is 0 Å². The Balaban J connectivity index is 1.34. The fraction of sp³-hybridized carbons (Fsp3) is 0.364. The third kappa shape index (κ3) is 4.14. The van der Waals surface area contributed by atoms with E-state index in [1.54, 1.807) is 24.9 Å². The van der Waals surface area contributed by atoms with Crippen molar-refractivity contribution in [1.82, 2.24) is 34.8 Å². The average Bonchev–Trinajstić information content (AvgIpc) is 3.28. The van der Waals surface area contributed by atoms with Crippen molar-refractivity contribution in [3.8, 4) is 17.1 Å². The third-order valence-electron chi connectivity index (χ3n) is 5.69. The van der Waals surface area contributed by atoms with Crippen molar-refractivity contribution < 1.29 is 9.47 Å². The zero-order valence-corrected chi connectivity index (χ0v) is 18.8. The van der Waals surface area contributed by atoms with Crippen LogP contribution in [0.15, 0.2) is 36.5 Å². The SMILES string of the molecule is COCc1nc2nnc(-c3ccnc(N4CCN(c5ccc(OC)cc5)CC4)n3)c(C)n2n1. The summed E-state index contributed by atoms with van der Waals surface area (Å²) in [6, 6.07) is 9.99. The van der Waals surface area contributed by atoms with Crippen LogP contribution >= 0.6 is 0 Å². The molecule has 1 aliphatic heterocycles. The summed E-state index contributed by atoms with van der Waals surface area (Å²) in [5, 5.41) is 13.0. The summed E-state index contributed by atoms with van der Waals surface area (Å²) < 4.78 is 12.0. The van der Waals surface area contributed by atoms with Gasteiger partial charge in [-0.1, -0.05) is 0 Å². The number of fused-ring (bicyclic) bond motifs is 1. The number of ether oxygens (including phenoxy) is 2. The van der Waals surface area contributed by atoms with Gasteiger partial charge in [-0.25, -0.2) is 9.97 Å². The molecule has 4 aromatic rings. The summed E-state index contributed by atoms with van der Waals surface area (Å²) in [5.74, 6) is 2.54. The lowest BCUT2D eigenvalue weighted by Gasteiger charge is -2.36. The molecule has 170 valence electrons. The van der Waals surface area contributed by atoms with E-state index < -0.39 is 0 Å². The number of nitrogens with zero attached hydrogens (tertiary/aromatic N) is 9. The monoisotopic (exact) mass is 447 g/mol. The maximum atomic E-state index is 5.26. The number of methoxy groups -OCH3 is 2. The normalized spacial score (nSPS) is 14.2. The first-order chi connectivity index (χ1) is 16.2. The summed E-state index contributed by atoms with van der Waals surface area (Å²) in [7, 11) is 3.28. The van der Waals surface area contributed by atoms with Gasteiger partial charge in [0.1, 0.15) is 18.1 Å². The molecule has 4 heterocycles. The Kier molecular flexibility index (Phi) is 5.69. The maximum absolute atomic E-state index is 5.26. The Hall–Kier alpha value is -3.86. The van der Waals surface area contributed by atoms with Gasteiger partial charge in [-0.3, -0.25) is 0 Å². The minimum absolute atomic E-state index is 0.318. The lowest BCUT2D eigenvalue weighted by molar-refractivity contribution is 0.178. The molecule has 0 atom stereocenters. The van der Waals surface area contributed by atoms with Crippen LogP contribution in [0.5, 0.6) is 5.75 Å². The Bertz CT molecular complexity index is 1250. The van der Waals surface area contributed by atoms with Crippen LogP contribution in [0, 0.1) is 6.92 Å². The molecule has 1 aromatic carbocycles. The van der Waals surface area contributed by atoms with Crippen molar-refractivity contribution in [2.45, 2.75) is 13.5 Å². The highest BCUT2D eigenvalue weighted by Crippen LogP contribution is 2.23. The Morgan fingerprint density at radius 3 is 2.39 bits per heavy atom. The zero-order chi connectivity index (χ0) is 22.8. The molecule has 0 bridgehead atoms. The van der Waals surface area contributed by atoms with Gasteiger partial charge in [-0.15, -0.1) is 15.3 Å². The second-order valence-corrected chi connectivity index (χ2v) is 7.72. The van der Waals surface area contributed by atoms with Crippen molar-refractivity contribution in [1.29, 1.82) is 0 Å². The van der Waals surface area contributed by atoms with Crippen molar-refractivity contribution in [2.75, 3.05) is 50.2 Å². The lowest BCUT2D eigenvalue weighted by atomic mass is 10.2. The van der Waals surface area contributed by atoms with Crippen LogP contribution in [0.3, 0.4) is 0 Å². The smallest absolute Gasteiger partial charge is 0.272 e. The molecule has 5 rings (SSSR count). The summed E-state index contributed by atoms with van der Waals surface area (Å²) in [6.45, 7) is 5.65. The van der Waals surface area contributed by atoms with E-state index in [-0.39, 0.29) is 0 Å². The van der Waals surface area contributed by atoms with E-state index in [0.29, 0.717) is 35.5 Å². The first kappa shape index (κ1) is 21.0. The molecule has 0 spiro atoms. The van der Waals surface area contributed by atoms with E-state index in [0.717, 1.165) is 37.6 Å². The van der Waals surface area contributed by atoms with Gasteiger partial charge >= 0.3 is 0 Å². The summed E-state index contributed by atoms with van der Waals surface area (Å²) >= 11 is 0. The van der Waals surface area contributed by atoms with Crippen molar-refractivity contribution in [3.63, 3.8) is 0 Å². The molecule has 3 aromatic heterocycles. The largest absolute Gasteiger partial charge is 0.497 e. The molecule has 1 aliphatic rings. The van der Waals surface area contributed by atoms with Gasteiger partial charge in [0.2, 0.25) is 5.95 Å². The van der Waals surface area contributed by atoms with Crippen LogP contribution in [0.4, 0.5) is 11.6 Å². The van der Waals surface area contributed by atoms with Crippen LogP contribution in [0.1, 0.15) is 11.5 Å². The lowest BCUT2D eigenvalue weighted by Crippen LogP contribution is -2.47. The molecular weight excluding hydrogens is 422 g/mol. The van der Waals surface area contributed by atoms with Gasteiger partial charge in [-0.2, -0.15) is 9.50 Å². The summed E-state index contributed by atoms with van der Waals surface area (Å²) in [4.78, 5) is 18.2. The van der Waals surface area contributed by atoms with Crippen LogP contribution < -0.4 is 14.5 Å². The fourth-order valence-corrected chi connectivity index (χ4v) is 3.92. The topological polar surface area (TPSA) is 107 Å². The van der Waals surface area contributed by atoms with Crippen molar-refractivity contribution in [3.05, 3.63) is 48.0 Å². The van der Waals surface area contributed by atoms with Gasteiger partial charge < -0.3 is 19.3 Å². The highest BCUT2D eigenvalue weighted by Gasteiger charge is 2.21. The minimum Gasteiger partial charge on any atom is -0.497 e. The highest BCUT2D eigenvalue weighted by atomic mass is 16.5. The Morgan fingerprint density at radius 1 is 0.909 bits per heavy atom. The predicted molar refractivity (Wildman–Crippen MR) is 122 cm³/mol. The molecule has 33 heavy (non-hydrogen) atoms. The van der Waals surface area contributed by atoms with Crippen molar-refractivity contribution >= 4 is 17.4 Å². The second kappa shape index (κ2) is 8.94. The van der Waals surface area contributed by atoms with E-state index >= 15 is 0 Å². The number of aryl methyl sites for hydroxylation is 1. The quantitative estimate of drug-likeness (QED) is 0.434. The number of hydrogen-bond donors (Lipinski definition) is 0. The highest BCUT2D eigenvalue weighted by molar-refractivity contribution is 5.59. The molecule has 0 radical (unpaired) electrons. The number of aromatic nitrogens is 7. The van der Waals surface area contributed by atoms with Gasteiger partial charge in [-0.05, 0) is 37.3 Å². The minimum atomic E-state index is 0.318. The van der Waals surface area contributed by atoms with E-state index in [1.807, 2.05) is 25.1 Å². The average molecular weight is 448 g/mol. The molecule has 0 unspecified atom stereocenters. The Morgan fingerprint density at radius 2 is 1.67 bits per heavy atom. The molecule has 11 heteroatoms. The molecule has 11 nitrogen and oxygen atoms in total. The van der Waals surface area contributed by atoms with E-state index in [2.05, 4.69) is 47.2 Å². The standard InChI is InChI=1S/C22H25N9O2/c1-15-20(26-27-22-25-19(14-32-2)28-31(15)22)18-8-9-23-21(24-18)30-12-10-29(11-13-30)16-4-6-17(33-3)7-5-16/h4-9H,10-14H2,1-3H3. The van der Waals surface area contributed by atoms with Crippen LogP contribution in [0.25, 0.3) is 17.2 Å². The number of anilines is 2. The van der Waals surface area contributed by atoms with Crippen LogP contribution in [-0.4, -0.2) is 75.2 Å². The number of rotatable bonds is 6. The van der Waals surface area contributed by atoms with Crippen molar-refractivity contribution in [2.24, 2.45) is 0 Å². The number of hydrogen-bond acceptors (Lipinski definition) is 10. The third-order valence-corrected chi connectivity index (χ3v) is 5.69. The zero-order valence-electron chi connectivity index (χ0n) is 18.8. The van der Waals surface area contributed by atoms with Gasteiger partial charge in [0.25, 0.3) is 5.78 Å². The fourth-order valence-electron chi connectivity index (χ4n) is 3.92. The summed E-state index contributed by atoms with van der Waals surface area (Å²) in [6.07, 6.45) is 1.76. The van der Waals surface area contributed by atoms with Crippen LogP contribution in [0.2, 0.25) is 0 Å². The first-order valence-corrected chi connectivity index (χ1v) is 10.7. The number of benzene rings is 1. The number of piperazine rings is 1. The van der Waals surface area contributed by atoms with E-state index in [4.69, 9.17) is 14.5 Å². The predicted octanol–water partition coefficient (Wildman–Crippen LogP) is 1.77. The van der Waals surface area contributed by atoms with Gasteiger partial charge in [0.15, 0.2) is 5.82 Å². The molecular formula is C22H25N9O2. The van der Waals surface area contributed by atoms with Gasteiger partial charge in [0.05, 0.1) is 18.5 Å². The second-order valence-electron chi connectivity index (χ2n) is 7.72. The maximum Gasteiger partial charge on any atom is 0.272 e. The Labute approximate surface area is 191 Å². The van der Waals surface area contributed by atoms with Crippen LogP contribution in [-0.2, 0) is 11.3 Å². The molecule has 1 fully saturated rings.